The molecule has 0 N–H and O–H groups in total. The molecule has 0 fully saturated rings. The summed E-state index contributed by atoms with van der Waals surface area (Å²) in [5.41, 5.74) is 0. The van der Waals surface area contributed by atoms with E-state index < -0.39 is 0 Å². The highest BCUT2D eigenvalue weighted by molar-refractivity contribution is 6.18. The lowest BCUT2D eigenvalue weighted by atomic mass is 9.98. The predicted octanol–water partition coefficient (Wildman–Crippen LogP) is 2.47. The van der Waals surface area contributed by atoms with Crippen LogP contribution in [-0.2, 0) is 4.74 Å². The second-order valence-corrected chi connectivity index (χ2v) is 3.70. The summed E-state index contributed by atoms with van der Waals surface area (Å²) < 4.78 is 5.40. The van der Waals surface area contributed by atoms with Crippen molar-refractivity contribution in [3.8, 4) is 0 Å². The molecule has 3 nitrogen and oxygen atoms in total. The van der Waals surface area contributed by atoms with Gasteiger partial charge in [0.2, 0.25) is 6.17 Å². The van der Waals surface area contributed by atoms with Gasteiger partial charge in [0, 0.05) is 7.11 Å². The first kappa shape index (κ1) is 11.2. The Labute approximate surface area is 86.3 Å². The number of aliphatic imine (C=N–C) groups is 2. The maximum atomic E-state index is 5.40. The van der Waals surface area contributed by atoms with Gasteiger partial charge in [0.1, 0.15) is 0 Å². The van der Waals surface area contributed by atoms with E-state index in [1.165, 1.54) is 0 Å². The Bertz CT molecular complexity index is 201. The molecular weight excluding hydrogens is 176 g/mol. The van der Waals surface area contributed by atoms with Gasteiger partial charge in [-0.25, -0.2) is 0 Å². The van der Waals surface area contributed by atoms with Crippen molar-refractivity contribution in [2.75, 3.05) is 7.11 Å². The lowest BCUT2D eigenvalue weighted by Crippen LogP contribution is -2.17. The minimum absolute atomic E-state index is 0.341. The van der Waals surface area contributed by atoms with Crippen molar-refractivity contribution in [2.45, 2.75) is 39.2 Å². The summed E-state index contributed by atoms with van der Waals surface area (Å²) in [4.78, 5) is 8.39. The van der Waals surface area contributed by atoms with Gasteiger partial charge >= 0.3 is 0 Å². The van der Waals surface area contributed by atoms with E-state index in [1.54, 1.807) is 19.5 Å². The third kappa shape index (κ3) is 3.14. The molecule has 2 atom stereocenters. The molecule has 1 heterocycles. The van der Waals surface area contributed by atoms with Crippen LogP contribution in [0.3, 0.4) is 0 Å². The largest absolute Gasteiger partial charge is 0.381 e. The summed E-state index contributed by atoms with van der Waals surface area (Å²) >= 11 is 0. The van der Waals surface area contributed by atoms with Gasteiger partial charge in [-0.05, 0) is 19.8 Å². The second-order valence-electron chi connectivity index (χ2n) is 3.70. The van der Waals surface area contributed by atoms with E-state index in [0.717, 1.165) is 25.4 Å². The van der Waals surface area contributed by atoms with Crippen molar-refractivity contribution in [3.05, 3.63) is 6.17 Å². The Morgan fingerprint density at radius 2 is 2.00 bits per heavy atom. The van der Waals surface area contributed by atoms with Crippen LogP contribution >= 0.6 is 0 Å². The van der Waals surface area contributed by atoms with Crippen LogP contribution in [0.1, 0.15) is 33.1 Å². The molecule has 0 aromatic carbocycles. The SMILES string of the molecule is CCCC(CC(C)[C+]1N=CC=N1)OC. The molecule has 0 bridgehead atoms. The molecule has 0 aliphatic carbocycles. The summed E-state index contributed by atoms with van der Waals surface area (Å²) in [5.74, 6) is 0.390. The average Bonchev–Trinajstić information content (AvgIpc) is 2.69. The van der Waals surface area contributed by atoms with E-state index in [1.807, 2.05) is 0 Å². The molecule has 1 rings (SSSR count). The van der Waals surface area contributed by atoms with E-state index in [0.29, 0.717) is 12.0 Å². The smallest absolute Gasteiger partial charge is 0.243 e. The minimum Gasteiger partial charge on any atom is -0.381 e. The molecule has 1 aliphatic heterocycles. The first-order valence-electron chi connectivity index (χ1n) is 5.24. The molecular formula is C11H19N2O+. The highest BCUT2D eigenvalue weighted by Gasteiger charge is 2.27. The third-order valence-electron chi connectivity index (χ3n) is 2.48. The first-order chi connectivity index (χ1) is 6.77. The maximum absolute atomic E-state index is 5.40. The van der Waals surface area contributed by atoms with Crippen LogP contribution in [-0.4, -0.2) is 25.6 Å². The summed E-state index contributed by atoms with van der Waals surface area (Å²) in [6, 6.07) is 0. The van der Waals surface area contributed by atoms with Gasteiger partial charge in [0.15, 0.2) is 12.4 Å². The summed E-state index contributed by atoms with van der Waals surface area (Å²) in [6.45, 7) is 4.33. The molecule has 14 heavy (non-hydrogen) atoms. The molecule has 1 aliphatic rings. The Morgan fingerprint density at radius 3 is 2.50 bits per heavy atom. The molecule has 0 saturated carbocycles. The van der Waals surface area contributed by atoms with Crippen molar-refractivity contribution in [1.29, 1.82) is 0 Å². The number of methoxy groups -OCH3 is 1. The van der Waals surface area contributed by atoms with Crippen LogP contribution in [0.4, 0.5) is 0 Å². The first-order valence-corrected chi connectivity index (χ1v) is 5.24. The molecule has 3 heteroatoms. The fourth-order valence-electron chi connectivity index (χ4n) is 1.66. The van der Waals surface area contributed by atoms with Gasteiger partial charge in [-0.1, -0.05) is 23.3 Å². The molecule has 0 aromatic heterocycles. The van der Waals surface area contributed by atoms with Crippen LogP contribution < -0.4 is 0 Å². The average molecular weight is 195 g/mol. The van der Waals surface area contributed by atoms with Crippen molar-refractivity contribution >= 4 is 12.4 Å². The zero-order chi connectivity index (χ0) is 10.4. The molecule has 0 saturated heterocycles. The predicted molar refractivity (Wildman–Crippen MR) is 59.7 cm³/mol. The van der Waals surface area contributed by atoms with Crippen LogP contribution in [0.15, 0.2) is 9.98 Å². The maximum Gasteiger partial charge on any atom is 0.243 e. The van der Waals surface area contributed by atoms with Crippen LogP contribution in [0.5, 0.6) is 0 Å². The second kappa shape index (κ2) is 5.81. The fourth-order valence-corrected chi connectivity index (χ4v) is 1.66. The third-order valence-corrected chi connectivity index (χ3v) is 2.48. The lowest BCUT2D eigenvalue weighted by Gasteiger charge is -2.17. The topological polar surface area (TPSA) is 34.0 Å². The molecule has 0 aromatic rings. The van der Waals surface area contributed by atoms with Crippen molar-refractivity contribution < 1.29 is 4.74 Å². The highest BCUT2D eigenvalue weighted by atomic mass is 16.5. The Morgan fingerprint density at radius 1 is 1.36 bits per heavy atom. The van der Waals surface area contributed by atoms with E-state index in [-0.39, 0.29) is 0 Å². The van der Waals surface area contributed by atoms with Crippen LogP contribution in [0.2, 0.25) is 0 Å². The van der Waals surface area contributed by atoms with Crippen LogP contribution in [0, 0.1) is 12.1 Å². The molecule has 0 spiro atoms. The van der Waals surface area contributed by atoms with Gasteiger partial charge < -0.3 is 4.74 Å². The Kier molecular flexibility index (Phi) is 4.66. The van der Waals surface area contributed by atoms with E-state index in [4.69, 9.17) is 4.74 Å². The Hall–Kier alpha value is -0.830. The highest BCUT2D eigenvalue weighted by Crippen LogP contribution is 2.25. The summed E-state index contributed by atoms with van der Waals surface area (Å²) in [7, 11) is 1.78. The van der Waals surface area contributed by atoms with Gasteiger partial charge in [-0.3, -0.25) is 0 Å². The number of hydrogen-bond donors (Lipinski definition) is 0. The fraction of sp³-hybridized carbons (Fsp3) is 0.727. The standard InChI is InChI=1S/C11H19N2O/c1-4-5-10(14-3)8-9(2)11-12-6-7-13-11/h6-7,9-10H,4-5,8H2,1-3H3/q+1. The van der Waals surface area contributed by atoms with E-state index >= 15 is 0 Å². The van der Waals surface area contributed by atoms with Gasteiger partial charge in [0.25, 0.3) is 0 Å². The summed E-state index contributed by atoms with van der Waals surface area (Å²) in [6.07, 6.45) is 8.04. The monoisotopic (exact) mass is 195 g/mol. The summed E-state index contributed by atoms with van der Waals surface area (Å²) in [5, 5.41) is 0. The van der Waals surface area contributed by atoms with Gasteiger partial charge in [-0.15, -0.1) is 0 Å². The van der Waals surface area contributed by atoms with E-state index in [9.17, 15) is 0 Å². The van der Waals surface area contributed by atoms with Crippen molar-refractivity contribution in [1.82, 2.24) is 0 Å². The van der Waals surface area contributed by atoms with Gasteiger partial charge in [-0.2, -0.15) is 0 Å². The zero-order valence-corrected chi connectivity index (χ0v) is 9.23. The van der Waals surface area contributed by atoms with Crippen molar-refractivity contribution in [2.24, 2.45) is 15.9 Å². The number of hydrogen-bond acceptors (Lipinski definition) is 3. The molecule has 0 amide bonds. The number of rotatable bonds is 6. The molecule has 2 unspecified atom stereocenters. The zero-order valence-electron chi connectivity index (χ0n) is 9.23. The lowest BCUT2D eigenvalue weighted by molar-refractivity contribution is 0.0761. The van der Waals surface area contributed by atoms with Crippen molar-refractivity contribution in [3.63, 3.8) is 0 Å². The Balaban J connectivity index is 2.33. The minimum atomic E-state index is 0.341. The van der Waals surface area contributed by atoms with Crippen LogP contribution in [0.25, 0.3) is 0 Å². The molecule has 0 radical (unpaired) electrons. The van der Waals surface area contributed by atoms with Gasteiger partial charge in [0.05, 0.1) is 12.0 Å². The molecule has 78 valence electrons. The quantitative estimate of drug-likeness (QED) is 0.599. The number of nitrogens with zero attached hydrogens (tertiary/aromatic N) is 2. The normalized spacial score (nSPS) is 18.9. The number of ether oxygens (including phenoxy) is 1. The van der Waals surface area contributed by atoms with E-state index in [2.05, 4.69) is 23.8 Å².